The van der Waals surface area contributed by atoms with Crippen molar-refractivity contribution in [3.05, 3.63) is 52.9 Å². The summed E-state index contributed by atoms with van der Waals surface area (Å²) in [4.78, 5) is 12.3. The molecule has 7 heteroatoms. The van der Waals surface area contributed by atoms with Crippen molar-refractivity contribution in [3.8, 4) is 0 Å². The first kappa shape index (κ1) is 15.7. The average molecular weight is 325 g/mol. The third-order valence-electron chi connectivity index (χ3n) is 2.90. The minimum absolute atomic E-state index is 0.126. The molecule has 21 heavy (non-hydrogen) atoms. The van der Waals surface area contributed by atoms with E-state index in [0.29, 0.717) is 5.56 Å². The van der Waals surface area contributed by atoms with Gasteiger partial charge in [-0.2, -0.15) is 4.72 Å². The van der Waals surface area contributed by atoms with E-state index in [1.54, 1.807) is 36.4 Å². The first-order valence-electron chi connectivity index (χ1n) is 6.33. The molecule has 0 bridgehead atoms. The molecule has 2 aromatic rings. The lowest BCUT2D eigenvalue weighted by Crippen LogP contribution is -2.33. The molecule has 1 atom stereocenters. The molecule has 112 valence electrons. The summed E-state index contributed by atoms with van der Waals surface area (Å²) in [6.45, 7) is 1.93. The Kier molecular flexibility index (Phi) is 4.76. The summed E-state index contributed by atoms with van der Waals surface area (Å²) in [6, 6.07) is 10.2. The van der Waals surface area contributed by atoms with Gasteiger partial charge in [-0.05, 0) is 24.1 Å². The molecule has 0 fully saturated rings. The predicted molar refractivity (Wildman–Crippen MR) is 80.8 cm³/mol. The van der Waals surface area contributed by atoms with Gasteiger partial charge >= 0.3 is 5.97 Å². The summed E-state index contributed by atoms with van der Waals surface area (Å²) in [5.74, 6) is -1.24. The van der Waals surface area contributed by atoms with E-state index in [2.05, 4.69) is 4.72 Å². The number of aryl methyl sites for hydroxylation is 1. The van der Waals surface area contributed by atoms with Gasteiger partial charge in [-0.1, -0.05) is 37.3 Å². The Morgan fingerprint density at radius 3 is 2.43 bits per heavy atom. The Hall–Kier alpha value is -1.70. The van der Waals surface area contributed by atoms with E-state index in [4.69, 9.17) is 0 Å². The van der Waals surface area contributed by atoms with Gasteiger partial charge in [0.15, 0.2) is 0 Å². The zero-order valence-electron chi connectivity index (χ0n) is 11.3. The van der Waals surface area contributed by atoms with Crippen LogP contribution in [0.3, 0.4) is 0 Å². The third kappa shape index (κ3) is 3.69. The zero-order valence-corrected chi connectivity index (χ0v) is 12.9. The molecular formula is C14H15NO4S2. The second-order valence-corrected chi connectivity index (χ2v) is 7.49. The van der Waals surface area contributed by atoms with Crippen LogP contribution < -0.4 is 4.72 Å². The molecule has 0 aliphatic rings. The molecular weight excluding hydrogens is 310 g/mol. The van der Waals surface area contributed by atoms with E-state index in [1.165, 1.54) is 6.07 Å². The molecule has 0 aliphatic carbocycles. The van der Waals surface area contributed by atoms with E-state index < -0.39 is 22.0 Å². The standard InChI is InChI=1S/C14H15NO4S2/c1-2-11-8-9-12(20-11)21(18,19)15-13(14(16)17)10-6-4-3-5-7-10/h3-9,13,15H,2H2,1H3,(H,16,17)/t13-/m0/s1. The molecule has 0 saturated heterocycles. The van der Waals surface area contributed by atoms with Crippen LogP contribution in [0.25, 0.3) is 0 Å². The quantitative estimate of drug-likeness (QED) is 0.854. The van der Waals surface area contributed by atoms with Crippen molar-refractivity contribution in [1.29, 1.82) is 0 Å². The van der Waals surface area contributed by atoms with Gasteiger partial charge < -0.3 is 5.11 Å². The molecule has 1 heterocycles. The lowest BCUT2D eigenvalue weighted by molar-refractivity contribution is -0.139. The first-order chi connectivity index (χ1) is 9.94. The number of rotatable bonds is 6. The smallest absolute Gasteiger partial charge is 0.326 e. The Morgan fingerprint density at radius 2 is 1.90 bits per heavy atom. The van der Waals surface area contributed by atoms with E-state index in [-0.39, 0.29) is 4.21 Å². The van der Waals surface area contributed by atoms with Crippen LogP contribution in [0.5, 0.6) is 0 Å². The molecule has 2 N–H and O–H groups in total. The first-order valence-corrected chi connectivity index (χ1v) is 8.63. The van der Waals surface area contributed by atoms with E-state index in [0.717, 1.165) is 22.6 Å². The summed E-state index contributed by atoms with van der Waals surface area (Å²) in [5, 5.41) is 9.26. The van der Waals surface area contributed by atoms with Gasteiger partial charge in [-0.25, -0.2) is 8.42 Å². The molecule has 5 nitrogen and oxygen atoms in total. The van der Waals surface area contributed by atoms with Crippen molar-refractivity contribution < 1.29 is 18.3 Å². The van der Waals surface area contributed by atoms with Crippen molar-refractivity contribution in [3.63, 3.8) is 0 Å². The van der Waals surface area contributed by atoms with Gasteiger partial charge in [0.1, 0.15) is 10.3 Å². The number of thiophene rings is 1. The number of carbonyl (C=O) groups is 1. The van der Waals surface area contributed by atoms with Crippen LogP contribution in [0.1, 0.15) is 23.4 Å². The molecule has 0 radical (unpaired) electrons. The number of aliphatic carboxylic acids is 1. The predicted octanol–water partition coefficient (Wildman–Crippen LogP) is 2.41. The van der Waals surface area contributed by atoms with Crippen LogP contribution in [0.2, 0.25) is 0 Å². The van der Waals surface area contributed by atoms with Crippen LogP contribution in [0, 0.1) is 0 Å². The van der Waals surface area contributed by atoms with Crippen molar-refractivity contribution in [1.82, 2.24) is 4.72 Å². The topological polar surface area (TPSA) is 83.5 Å². The lowest BCUT2D eigenvalue weighted by atomic mass is 10.1. The largest absolute Gasteiger partial charge is 0.480 e. The molecule has 2 rings (SSSR count). The van der Waals surface area contributed by atoms with Crippen LogP contribution in [0.15, 0.2) is 46.7 Å². The normalized spacial score (nSPS) is 13.0. The fourth-order valence-corrected chi connectivity index (χ4v) is 4.30. The summed E-state index contributed by atoms with van der Waals surface area (Å²) >= 11 is 1.15. The Bertz CT molecular complexity index is 722. The summed E-state index contributed by atoms with van der Waals surface area (Å²) in [6.07, 6.45) is 0.737. The minimum Gasteiger partial charge on any atom is -0.480 e. The van der Waals surface area contributed by atoms with E-state index in [1.807, 2.05) is 6.92 Å². The van der Waals surface area contributed by atoms with E-state index >= 15 is 0 Å². The number of benzene rings is 1. The highest BCUT2D eigenvalue weighted by Crippen LogP contribution is 2.24. The van der Waals surface area contributed by atoms with Gasteiger partial charge in [0.2, 0.25) is 0 Å². The number of carboxylic acids is 1. The van der Waals surface area contributed by atoms with Crippen LogP contribution >= 0.6 is 11.3 Å². The Balaban J connectivity index is 2.30. The SMILES string of the molecule is CCc1ccc(S(=O)(=O)N[C@H](C(=O)O)c2ccccc2)s1. The van der Waals surface area contributed by atoms with Gasteiger partial charge in [0, 0.05) is 4.88 Å². The van der Waals surface area contributed by atoms with Gasteiger partial charge in [0.05, 0.1) is 0 Å². The highest BCUT2D eigenvalue weighted by molar-refractivity contribution is 7.91. The lowest BCUT2D eigenvalue weighted by Gasteiger charge is -2.14. The van der Waals surface area contributed by atoms with Gasteiger partial charge in [0.25, 0.3) is 10.0 Å². The van der Waals surface area contributed by atoms with Crippen molar-refractivity contribution in [2.24, 2.45) is 0 Å². The van der Waals surface area contributed by atoms with Crippen molar-refractivity contribution in [2.45, 2.75) is 23.6 Å². The van der Waals surface area contributed by atoms with Crippen LogP contribution in [-0.4, -0.2) is 19.5 Å². The molecule has 0 aliphatic heterocycles. The number of carboxylic acid groups (broad SMARTS) is 1. The monoisotopic (exact) mass is 325 g/mol. The zero-order chi connectivity index (χ0) is 15.5. The molecule has 0 saturated carbocycles. The summed E-state index contributed by atoms with van der Waals surface area (Å²) in [5.41, 5.74) is 0.390. The number of hydrogen-bond donors (Lipinski definition) is 2. The average Bonchev–Trinajstić information content (AvgIpc) is 2.95. The van der Waals surface area contributed by atoms with Crippen LogP contribution in [0.4, 0.5) is 0 Å². The highest BCUT2D eigenvalue weighted by Gasteiger charge is 2.27. The Labute approximate surface area is 127 Å². The number of hydrogen-bond acceptors (Lipinski definition) is 4. The van der Waals surface area contributed by atoms with E-state index in [9.17, 15) is 18.3 Å². The number of sulfonamides is 1. The molecule has 0 amide bonds. The highest BCUT2D eigenvalue weighted by atomic mass is 32.2. The number of nitrogens with one attached hydrogen (secondary N) is 1. The van der Waals surface area contributed by atoms with Crippen LogP contribution in [-0.2, 0) is 21.2 Å². The molecule has 1 aromatic carbocycles. The fraction of sp³-hybridized carbons (Fsp3) is 0.214. The van der Waals surface area contributed by atoms with Gasteiger partial charge in [-0.15, -0.1) is 11.3 Å². The fourth-order valence-electron chi connectivity index (χ4n) is 1.81. The second kappa shape index (κ2) is 6.38. The maximum atomic E-state index is 12.3. The maximum absolute atomic E-state index is 12.3. The van der Waals surface area contributed by atoms with Gasteiger partial charge in [-0.3, -0.25) is 4.79 Å². The second-order valence-electron chi connectivity index (χ2n) is 4.38. The summed E-state index contributed by atoms with van der Waals surface area (Å²) in [7, 11) is -3.85. The minimum atomic E-state index is -3.85. The molecule has 0 spiro atoms. The molecule has 1 aromatic heterocycles. The summed E-state index contributed by atoms with van der Waals surface area (Å²) < 4.78 is 26.9. The third-order valence-corrected chi connectivity index (χ3v) is 6.05. The van der Waals surface area contributed by atoms with Crippen molar-refractivity contribution >= 4 is 27.3 Å². The van der Waals surface area contributed by atoms with Crippen molar-refractivity contribution in [2.75, 3.05) is 0 Å². The molecule has 0 unspecified atom stereocenters. The Morgan fingerprint density at radius 1 is 1.24 bits per heavy atom. The maximum Gasteiger partial charge on any atom is 0.326 e.